The van der Waals surface area contributed by atoms with Crippen LogP contribution in [0.5, 0.6) is 0 Å². The minimum atomic E-state index is -3.23. The molecule has 0 aliphatic carbocycles. The Hall–Kier alpha value is -4.00. The van der Waals surface area contributed by atoms with Crippen LogP contribution in [0.25, 0.3) is 21.5 Å². The van der Waals surface area contributed by atoms with E-state index in [1.54, 1.807) is 22.4 Å². The summed E-state index contributed by atoms with van der Waals surface area (Å²) >= 11 is 1.39. The third-order valence-corrected chi connectivity index (χ3v) is 5.00. The molecule has 0 aliphatic heterocycles. The zero-order valence-corrected chi connectivity index (χ0v) is 16.4. The topological polar surface area (TPSA) is 141 Å². The zero-order chi connectivity index (χ0) is 22.0. The summed E-state index contributed by atoms with van der Waals surface area (Å²) in [6, 6.07) is 8.72. The Labute approximate surface area is 177 Å². The van der Waals surface area contributed by atoms with Gasteiger partial charge in [-0.3, -0.25) is 25.4 Å². The molecule has 3 aromatic heterocycles. The highest BCUT2D eigenvalue weighted by Gasteiger charge is 2.16. The van der Waals surface area contributed by atoms with E-state index in [0.29, 0.717) is 23.1 Å². The Morgan fingerprint density at radius 3 is 2.77 bits per heavy atom. The molecule has 0 spiro atoms. The number of nitrogens with two attached hydrogens (primary N) is 1. The molecule has 2 amide bonds. The van der Waals surface area contributed by atoms with Crippen LogP contribution in [0.15, 0.2) is 42.7 Å². The minimum absolute atomic E-state index is 0.0923. The van der Waals surface area contributed by atoms with E-state index in [9.17, 15) is 18.4 Å². The Morgan fingerprint density at radius 2 is 2.03 bits per heavy atom. The molecule has 0 aliphatic rings. The average molecular weight is 444 g/mol. The average Bonchev–Trinajstić information content (AvgIpc) is 3.37. The lowest BCUT2D eigenvalue weighted by Gasteiger charge is -2.07. The molecular weight excluding hydrogens is 430 g/mol. The predicted octanol–water partition coefficient (Wildman–Crippen LogP) is 1.61. The number of carbonyl (C=O) groups is 2. The summed E-state index contributed by atoms with van der Waals surface area (Å²) in [7, 11) is 0. The minimum Gasteiger partial charge on any atom is -0.375 e. The Morgan fingerprint density at radius 1 is 1.19 bits per heavy atom. The molecule has 4 rings (SSSR count). The highest BCUT2D eigenvalue weighted by atomic mass is 32.1. The van der Waals surface area contributed by atoms with Crippen LogP contribution < -0.4 is 16.6 Å². The number of halogens is 2. The van der Waals surface area contributed by atoms with E-state index in [4.69, 9.17) is 5.73 Å². The number of aromatic nitrogens is 5. The summed E-state index contributed by atoms with van der Waals surface area (Å²) in [6.07, 6.45) is -0.206. The van der Waals surface area contributed by atoms with Crippen molar-refractivity contribution < 1.29 is 18.4 Å². The van der Waals surface area contributed by atoms with Crippen molar-refractivity contribution in [3.8, 4) is 11.3 Å². The molecule has 4 aromatic rings. The molecular formula is C18H14F2N8O2S. The highest BCUT2D eigenvalue weighted by molar-refractivity contribution is 7.22. The summed E-state index contributed by atoms with van der Waals surface area (Å²) in [6.45, 7) is 0.298. The second kappa shape index (κ2) is 8.39. The van der Waals surface area contributed by atoms with E-state index < -0.39 is 18.2 Å². The predicted molar refractivity (Wildman–Crippen MR) is 108 cm³/mol. The van der Waals surface area contributed by atoms with Gasteiger partial charge in [-0.1, -0.05) is 22.6 Å². The first-order chi connectivity index (χ1) is 14.9. The number of nitrogen functional groups attached to an aromatic ring is 1. The van der Waals surface area contributed by atoms with Crippen LogP contribution in [0, 0.1) is 0 Å². The summed E-state index contributed by atoms with van der Waals surface area (Å²) in [5.41, 5.74) is 12.3. The quantitative estimate of drug-likeness (QED) is 0.397. The van der Waals surface area contributed by atoms with E-state index in [-0.39, 0.29) is 5.56 Å². The lowest BCUT2D eigenvalue weighted by Crippen LogP contribution is -2.44. The summed E-state index contributed by atoms with van der Waals surface area (Å²) in [4.78, 5) is 31.0. The van der Waals surface area contributed by atoms with Gasteiger partial charge in [0.05, 0.1) is 34.2 Å². The van der Waals surface area contributed by atoms with E-state index in [1.165, 1.54) is 23.6 Å². The van der Waals surface area contributed by atoms with Crippen LogP contribution in [0.4, 0.5) is 13.9 Å². The maximum atomic E-state index is 12.1. The summed E-state index contributed by atoms with van der Waals surface area (Å²) in [5.74, 6) is -2.37. The Bertz CT molecular complexity index is 1260. The van der Waals surface area contributed by atoms with Crippen LogP contribution in [-0.4, -0.2) is 43.2 Å². The van der Waals surface area contributed by atoms with Crippen molar-refractivity contribution in [3.05, 3.63) is 54.0 Å². The van der Waals surface area contributed by atoms with Crippen molar-refractivity contribution in [2.45, 2.75) is 13.0 Å². The molecule has 0 unspecified atom stereocenters. The van der Waals surface area contributed by atoms with Gasteiger partial charge in [-0.2, -0.15) is 8.78 Å². The number of hydrogen-bond donors (Lipinski definition) is 3. The molecule has 0 atom stereocenters. The number of fused-ring (bicyclic) bond motifs is 1. The first-order valence-corrected chi connectivity index (χ1v) is 9.60. The third-order valence-electron chi connectivity index (χ3n) is 4.15. The van der Waals surface area contributed by atoms with Crippen molar-refractivity contribution in [1.29, 1.82) is 0 Å². The van der Waals surface area contributed by atoms with E-state index in [0.717, 1.165) is 15.8 Å². The molecule has 0 saturated heterocycles. The van der Waals surface area contributed by atoms with Gasteiger partial charge in [-0.25, -0.2) is 9.67 Å². The Kier molecular flexibility index (Phi) is 5.49. The van der Waals surface area contributed by atoms with Gasteiger partial charge in [0.25, 0.3) is 5.91 Å². The summed E-state index contributed by atoms with van der Waals surface area (Å²) < 4.78 is 26.8. The summed E-state index contributed by atoms with van der Waals surface area (Å²) in [5, 5.41) is 8.75. The smallest absolute Gasteiger partial charge is 0.317 e. The molecule has 4 N–H and O–H groups in total. The van der Waals surface area contributed by atoms with Gasteiger partial charge in [-0.15, -0.1) is 5.10 Å². The number of hydrogen-bond acceptors (Lipinski definition) is 8. The molecule has 3 heterocycles. The second-order valence-electron chi connectivity index (χ2n) is 6.32. The molecule has 13 heteroatoms. The van der Waals surface area contributed by atoms with Crippen molar-refractivity contribution in [3.63, 3.8) is 0 Å². The third kappa shape index (κ3) is 4.61. The van der Waals surface area contributed by atoms with Gasteiger partial charge < -0.3 is 5.73 Å². The van der Waals surface area contributed by atoms with Gasteiger partial charge >= 0.3 is 12.3 Å². The van der Waals surface area contributed by atoms with Crippen LogP contribution >= 0.6 is 11.3 Å². The molecule has 31 heavy (non-hydrogen) atoms. The molecule has 1 aromatic carbocycles. The fourth-order valence-corrected chi connectivity index (χ4v) is 3.45. The van der Waals surface area contributed by atoms with Crippen LogP contribution in [0.1, 0.15) is 16.1 Å². The van der Waals surface area contributed by atoms with E-state index in [2.05, 4.69) is 20.3 Å². The number of pyridine rings is 1. The number of rotatable bonds is 5. The number of nitrogens with zero attached hydrogens (tertiary/aromatic N) is 5. The van der Waals surface area contributed by atoms with Crippen LogP contribution in [0.2, 0.25) is 0 Å². The van der Waals surface area contributed by atoms with Gasteiger partial charge in [0, 0.05) is 11.8 Å². The monoisotopic (exact) mass is 444 g/mol. The van der Waals surface area contributed by atoms with Gasteiger partial charge in [-0.05, 0) is 24.3 Å². The maximum absolute atomic E-state index is 12.1. The number of hydrazine groups is 1. The normalized spacial score (nSPS) is 11.1. The number of thiazole rings is 1. The van der Waals surface area contributed by atoms with Gasteiger partial charge in [0.2, 0.25) is 0 Å². The van der Waals surface area contributed by atoms with Crippen molar-refractivity contribution in [1.82, 2.24) is 35.8 Å². The molecule has 158 valence electrons. The largest absolute Gasteiger partial charge is 0.375 e. The zero-order valence-electron chi connectivity index (χ0n) is 15.6. The number of carbonyl (C=O) groups excluding carboxylic acids is 2. The van der Waals surface area contributed by atoms with E-state index in [1.807, 2.05) is 23.6 Å². The second-order valence-corrected chi connectivity index (χ2v) is 7.38. The fraction of sp³-hybridized carbons (Fsp3) is 0.111. The SMILES string of the molecule is Nc1nc2ccc(-c3cn(Cc4ccc(C(=O)NNC(=O)C(F)F)cn4)nn3)cc2s1. The number of nitrogens with one attached hydrogen (secondary N) is 2. The van der Waals surface area contributed by atoms with Crippen LogP contribution in [-0.2, 0) is 11.3 Å². The maximum Gasteiger partial charge on any atom is 0.317 e. The number of anilines is 1. The number of alkyl halides is 2. The standard InChI is InChI=1S/C18H14F2N8O2S/c19-15(20)17(30)26-25-16(29)10-1-3-11(22-6-10)7-28-8-13(24-27-28)9-2-4-12-14(5-9)31-18(21)23-12/h1-6,8,15H,7H2,(H2,21,23)(H,25,29)(H,26,30). The highest BCUT2D eigenvalue weighted by Crippen LogP contribution is 2.28. The van der Waals surface area contributed by atoms with Crippen molar-refractivity contribution in [2.24, 2.45) is 0 Å². The fourth-order valence-electron chi connectivity index (χ4n) is 2.67. The van der Waals surface area contributed by atoms with Crippen molar-refractivity contribution in [2.75, 3.05) is 5.73 Å². The molecule has 10 nitrogen and oxygen atoms in total. The first kappa shape index (κ1) is 20.3. The van der Waals surface area contributed by atoms with E-state index >= 15 is 0 Å². The van der Waals surface area contributed by atoms with Gasteiger partial charge in [0.1, 0.15) is 5.69 Å². The van der Waals surface area contributed by atoms with Crippen molar-refractivity contribution >= 4 is 38.5 Å². The molecule has 0 bridgehead atoms. The molecule has 0 saturated carbocycles. The lowest BCUT2D eigenvalue weighted by atomic mass is 10.1. The molecule has 0 radical (unpaired) electrons. The molecule has 0 fully saturated rings. The number of benzene rings is 1. The lowest BCUT2D eigenvalue weighted by molar-refractivity contribution is -0.132. The number of amides is 2. The van der Waals surface area contributed by atoms with Crippen LogP contribution in [0.3, 0.4) is 0 Å². The first-order valence-electron chi connectivity index (χ1n) is 8.79. The van der Waals surface area contributed by atoms with Gasteiger partial charge in [0.15, 0.2) is 5.13 Å². The Balaban J connectivity index is 1.41.